The van der Waals surface area contributed by atoms with Crippen molar-refractivity contribution in [2.75, 3.05) is 31.1 Å². The number of carbonyl (C=O) groups is 3. The quantitative estimate of drug-likeness (QED) is 0.315. The first-order valence-electron chi connectivity index (χ1n) is 15.8. The van der Waals surface area contributed by atoms with E-state index in [4.69, 9.17) is 16.3 Å². The van der Waals surface area contributed by atoms with E-state index < -0.39 is 35.1 Å². The van der Waals surface area contributed by atoms with Crippen molar-refractivity contribution in [1.82, 2.24) is 9.80 Å². The number of fused-ring (bicyclic) bond motifs is 1. The van der Waals surface area contributed by atoms with Crippen LogP contribution in [0.1, 0.15) is 44.2 Å². The maximum absolute atomic E-state index is 15.1. The number of hydrogen-bond acceptors (Lipinski definition) is 5. The lowest BCUT2D eigenvalue weighted by Gasteiger charge is -2.40. The molecule has 45 heavy (non-hydrogen) atoms. The number of ether oxygens (including phenoxy) is 1. The number of amides is 3. The number of para-hydroxylation sites is 1. The molecule has 1 N–H and O–H groups in total. The van der Waals surface area contributed by atoms with E-state index in [0.717, 1.165) is 17.5 Å². The third-order valence-corrected chi connectivity index (χ3v) is 10.1. The first-order chi connectivity index (χ1) is 21.6. The molecule has 3 amide bonds. The molecule has 0 aromatic heterocycles. The van der Waals surface area contributed by atoms with Crippen LogP contribution in [0.2, 0.25) is 5.02 Å². The van der Waals surface area contributed by atoms with Gasteiger partial charge in [-0.05, 0) is 56.7 Å². The molecule has 2 aromatic carbocycles. The molecule has 2 unspecified atom stereocenters. The predicted molar refractivity (Wildman–Crippen MR) is 176 cm³/mol. The lowest BCUT2D eigenvalue weighted by molar-refractivity contribution is -0.152. The van der Waals surface area contributed by atoms with E-state index in [-0.39, 0.29) is 30.9 Å². The van der Waals surface area contributed by atoms with Crippen LogP contribution >= 0.6 is 11.6 Å². The van der Waals surface area contributed by atoms with E-state index in [2.05, 4.69) is 13.2 Å². The summed E-state index contributed by atoms with van der Waals surface area (Å²) in [7, 11) is 0. The second-order valence-corrected chi connectivity index (χ2v) is 13.1. The fraction of sp³-hybridized carbons (Fsp3) is 0.472. The van der Waals surface area contributed by atoms with Crippen LogP contribution in [-0.2, 0) is 25.5 Å². The summed E-state index contributed by atoms with van der Waals surface area (Å²) in [5.74, 6) is -2.54. The van der Waals surface area contributed by atoms with Crippen LogP contribution in [0.4, 0.5) is 5.69 Å². The second-order valence-electron chi connectivity index (χ2n) is 12.7. The smallest absolute Gasteiger partial charge is 0.253 e. The van der Waals surface area contributed by atoms with Gasteiger partial charge in [-0.25, -0.2) is 0 Å². The average molecular weight is 634 g/mol. The molecule has 9 heteroatoms. The van der Waals surface area contributed by atoms with Crippen LogP contribution in [0.3, 0.4) is 0 Å². The summed E-state index contributed by atoms with van der Waals surface area (Å²) in [6, 6.07) is 13.2. The topological polar surface area (TPSA) is 90.4 Å². The number of aliphatic hydroxyl groups excluding tert-OH is 1. The van der Waals surface area contributed by atoms with Crippen molar-refractivity contribution in [1.29, 1.82) is 0 Å². The van der Waals surface area contributed by atoms with Crippen molar-refractivity contribution in [3.8, 4) is 0 Å². The molecule has 0 aliphatic carbocycles. The van der Waals surface area contributed by atoms with Gasteiger partial charge < -0.3 is 24.5 Å². The summed E-state index contributed by atoms with van der Waals surface area (Å²) >= 11 is 6.70. The predicted octanol–water partition coefficient (Wildman–Crippen LogP) is 4.96. The van der Waals surface area contributed by atoms with Gasteiger partial charge in [0.25, 0.3) is 5.91 Å². The molecule has 5 rings (SSSR count). The number of likely N-dealkylation sites (tertiary alicyclic amines) is 1. The SMILES string of the molecule is C=CCN(CCC)C(=O)[C@H]1[C@H]2C(=O)N([C@@H](CO)Cc3ccccc3)C(C(=O)N(CC=C)c3c(C)cccc3Cl)C23CC[C@]1(C)O3. The van der Waals surface area contributed by atoms with Crippen molar-refractivity contribution in [3.63, 3.8) is 0 Å². The van der Waals surface area contributed by atoms with Crippen molar-refractivity contribution in [3.05, 3.63) is 90.0 Å². The molecule has 2 aromatic rings. The van der Waals surface area contributed by atoms with Crippen LogP contribution in [0.25, 0.3) is 0 Å². The largest absolute Gasteiger partial charge is 0.394 e. The third-order valence-electron chi connectivity index (χ3n) is 9.82. The van der Waals surface area contributed by atoms with Crippen LogP contribution in [0.5, 0.6) is 0 Å². The fourth-order valence-electron chi connectivity index (χ4n) is 8.00. The number of aryl methyl sites for hydroxylation is 1. The molecule has 3 fully saturated rings. The molecule has 3 aliphatic heterocycles. The average Bonchev–Trinajstić information content (AvgIpc) is 3.59. The van der Waals surface area contributed by atoms with Gasteiger partial charge in [0.05, 0.1) is 40.8 Å². The van der Waals surface area contributed by atoms with Gasteiger partial charge in [0.15, 0.2) is 0 Å². The number of rotatable bonds is 13. The van der Waals surface area contributed by atoms with E-state index in [0.29, 0.717) is 43.1 Å². The summed E-state index contributed by atoms with van der Waals surface area (Å²) in [5, 5.41) is 11.2. The number of nitrogens with zero attached hydrogens (tertiary/aromatic N) is 3. The molecule has 3 saturated heterocycles. The Balaban J connectivity index is 1.66. The van der Waals surface area contributed by atoms with Crippen molar-refractivity contribution in [2.24, 2.45) is 11.8 Å². The molecule has 0 radical (unpaired) electrons. The zero-order valence-corrected chi connectivity index (χ0v) is 27.2. The molecule has 3 heterocycles. The minimum absolute atomic E-state index is 0.147. The van der Waals surface area contributed by atoms with Gasteiger partial charge in [-0.1, -0.05) is 73.1 Å². The zero-order chi connectivity index (χ0) is 32.5. The van der Waals surface area contributed by atoms with Crippen molar-refractivity contribution >= 4 is 35.0 Å². The Morgan fingerprint density at radius 3 is 2.44 bits per heavy atom. The van der Waals surface area contributed by atoms with Gasteiger partial charge in [0, 0.05) is 19.6 Å². The minimum atomic E-state index is -1.26. The Morgan fingerprint density at radius 2 is 1.82 bits per heavy atom. The maximum atomic E-state index is 15.1. The Kier molecular flexibility index (Phi) is 9.59. The Bertz CT molecular complexity index is 1450. The first-order valence-corrected chi connectivity index (χ1v) is 16.2. The lowest BCUT2D eigenvalue weighted by atomic mass is 9.66. The molecular formula is C36H44ClN3O5. The van der Waals surface area contributed by atoms with Crippen LogP contribution in [0.15, 0.2) is 73.8 Å². The number of carbonyl (C=O) groups excluding carboxylic acids is 3. The molecule has 0 saturated carbocycles. The monoisotopic (exact) mass is 633 g/mol. The highest BCUT2D eigenvalue weighted by atomic mass is 35.5. The maximum Gasteiger partial charge on any atom is 0.253 e. The Morgan fingerprint density at radius 1 is 1.11 bits per heavy atom. The lowest BCUT2D eigenvalue weighted by Crippen LogP contribution is -2.59. The third kappa shape index (κ3) is 5.51. The number of benzene rings is 2. The summed E-state index contributed by atoms with van der Waals surface area (Å²) in [5.41, 5.74) is 0.0641. The van der Waals surface area contributed by atoms with E-state index >= 15 is 4.79 Å². The van der Waals surface area contributed by atoms with Gasteiger partial charge in [-0.15, -0.1) is 13.2 Å². The number of aliphatic hydroxyl groups is 1. The molecule has 2 bridgehead atoms. The zero-order valence-electron chi connectivity index (χ0n) is 26.5. The summed E-state index contributed by atoms with van der Waals surface area (Å²) in [6.45, 7) is 14.2. The fourth-order valence-corrected chi connectivity index (χ4v) is 8.32. The van der Waals surface area contributed by atoms with Crippen LogP contribution in [0, 0.1) is 18.8 Å². The van der Waals surface area contributed by atoms with E-state index in [1.54, 1.807) is 28.0 Å². The van der Waals surface area contributed by atoms with Gasteiger partial charge in [0.1, 0.15) is 11.6 Å². The van der Waals surface area contributed by atoms with Gasteiger partial charge >= 0.3 is 0 Å². The van der Waals surface area contributed by atoms with Gasteiger partial charge in [0.2, 0.25) is 11.8 Å². The van der Waals surface area contributed by atoms with Gasteiger partial charge in [-0.2, -0.15) is 0 Å². The van der Waals surface area contributed by atoms with E-state index in [1.165, 1.54) is 4.90 Å². The molecule has 1 spiro atoms. The summed E-state index contributed by atoms with van der Waals surface area (Å²) in [6.07, 6.45) is 5.35. The number of hydrogen-bond donors (Lipinski definition) is 1. The van der Waals surface area contributed by atoms with Crippen LogP contribution < -0.4 is 4.90 Å². The summed E-state index contributed by atoms with van der Waals surface area (Å²) in [4.78, 5) is 49.1. The molecule has 3 aliphatic rings. The normalized spacial score (nSPS) is 27.3. The van der Waals surface area contributed by atoms with Crippen molar-refractivity contribution < 1.29 is 24.2 Å². The Hall–Kier alpha value is -3.46. The van der Waals surface area contributed by atoms with E-state index in [1.807, 2.05) is 63.2 Å². The number of halogens is 1. The first kappa shape index (κ1) is 32.9. The molecule has 8 nitrogen and oxygen atoms in total. The summed E-state index contributed by atoms with van der Waals surface area (Å²) < 4.78 is 6.89. The highest BCUT2D eigenvalue weighted by Crippen LogP contribution is 2.64. The van der Waals surface area contributed by atoms with E-state index in [9.17, 15) is 14.7 Å². The van der Waals surface area contributed by atoms with Crippen LogP contribution in [-0.4, -0.2) is 82.2 Å². The standard InChI is InChI=1S/C36H44ClN3O5/c1-6-19-38(20-7-2)32(42)28-29-33(43)40(26(23-41)22-25-14-10-9-11-15-25)31(36(29)18-17-35(28,5)45-36)34(44)39(21-8-3)30-24(4)13-12-16-27(30)37/h6,8-16,26,28-29,31,41H,1,3,7,17-23H2,2,4-5H3/t26-,28-,29+,31?,35+,36?/m1/s1. The molecule has 240 valence electrons. The molecular weight excluding hydrogens is 590 g/mol. The van der Waals surface area contributed by atoms with Gasteiger partial charge in [-0.3, -0.25) is 14.4 Å². The van der Waals surface area contributed by atoms with Crippen molar-refractivity contribution in [2.45, 2.75) is 69.7 Å². The Labute approximate surface area is 271 Å². The number of anilines is 1. The highest BCUT2D eigenvalue weighted by Gasteiger charge is 2.79. The second kappa shape index (κ2) is 13.1. The highest BCUT2D eigenvalue weighted by molar-refractivity contribution is 6.34. The molecule has 6 atom stereocenters. The minimum Gasteiger partial charge on any atom is -0.394 e.